The third-order valence-corrected chi connectivity index (χ3v) is 5.41. The van der Waals surface area contributed by atoms with E-state index >= 15 is 0 Å². The Morgan fingerprint density at radius 2 is 2.25 bits per heavy atom. The largest absolute Gasteiger partial charge is 0.417 e. The summed E-state index contributed by atoms with van der Waals surface area (Å²) in [6, 6.07) is 6.82. The molecular formula is C15H8N4O3S2. The highest BCUT2D eigenvalue weighted by molar-refractivity contribution is 7.21. The molecular weight excluding hydrogens is 348 g/mol. The molecule has 7 nitrogen and oxygen atoms in total. The molecule has 4 aromatic heterocycles. The molecule has 0 saturated heterocycles. The van der Waals surface area contributed by atoms with Crippen LogP contribution in [0.5, 0.6) is 0 Å². The van der Waals surface area contributed by atoms with Crippen molar-refractivity contribution in [1.82, 2.24) is 14.4 Å². The Morgan fingerprint density at radius 3 is 3.17 bits per heavy atom. The molecule has 0 fully saturated rings. The molecule has 2 N–H and O–H groups in total. The molecule has 0 radical (unpaired) electrons. The summed E-state index contributed by atoms with van der Waals surface area (Å²) in [6.45, 7) is 0. The van der Waals surface area contributed by atoms with Crippen LogP contribution in [-0.4, -0.2) is 20.3 Å². The van der Waals surface area contributed by atoms with Gasteiger partial charge in [-0.25, -0.2) is 9.78 Å². The zero-order valence-corrected chi connectivity index (χ0v) is 13.5. The van der Waals surface area contributed by atoms with Crippen molar-refractivity contribution in [2.75, 3.05) is 5.32 Å². The molecule has 118 valence electrons. The molecule has 5 rings (SSSR count). The van der Waals surface area contributed by atoms with Crippen LogP contribution in [-0.2, 0) is 0 Å². The molecule has 1 aromatic carbocycles. The van der Waals surface area contributed by atoms with Crippen LogP contribution in [0.15, 0.2) is 45.1 Å². The second kappa shape index (κ2) is 4.79. The average Bonchev–Trinajstić information content (AvgIpc) is 3.25. The molecule has 0 saturated carbocycles. The minimum atomic E-state index is -0.520. The average molecular weight is 356 g/mol. The summed E-state index contributed by atoms with van der Waals surface area (Å²) in [5, 5.41) is 4.78. The number of H-pyrrole nitrogens is 1. The molecule has 0 unspecified atom stereocenters. The van der Waals surface area contributed by atoms with Crippen LogP contribution >= 0.6 is 22.7 Å². The van der Waals surface area contributed by atoms with Crippen molar-refractivity contribution < 1.29 is 9.21 Å². The van der Waals surface area contributed by atoms with Crippen molar-refractivity contribution in [3.05, 3.63) is 51.3 Å². The van der Waals surface area contributed by atoms with E-state index in [1.807, 2.05) is 22.0 Å². The number of aromatic nitrogens is 3. The second-order valence-electron chi connectivity index (χ2n) is 5.15. The third-order valence-electron chi connectivity index (χ3n) is 3.64. The van der Waals surface area contributed by atoms with E-state index in [4.69, 9.17) is 4.42 Å². The van der Waals surface area contributed by atoms with E-state index in [0.717, 1.165) is 15.3 Å². The van der Waals surface area contributed by atoms with Crippen molar-refractivity contribution in [2.45, 2.75) is 0 Å². The van der Waals surface area contributed by atoms with Crippen molar-refractivity contribution in [2.24, 2.45) is 0 Å². The minimum Gasteiger partial charge on any atom is -0.408 e. The van der Waals surface area contributed by atoms with Crippen molar-refractivity contribution in [1.29, 1.82) is 0 Å². The molecule has 5 aromatic rings. The van der Waals surface area contributed by atoms with E-state index in [0.29, 0.717) is 21.7 Å². The fourth-order valence-electron chi connectivity index (χ4n) is 2.58. The molecule has 0 spiro atoms. The highest BCUT2D eigenvalue weighted by atomic mass is 32.1. The number of hydrogen-bond donors (Lipinski definition) is 2. The monoisotopic (exact) mass is 356 g/mol. The van der Waals surface area contributed by atoms with Crippen molar-refractivity contribution in [3.8, 4) is 0 Å². The summed E-state index contributed by atoms with van der Waals surface area (Å²) in [6.07, 6.45) is 1.94. The van der Waals surface area contributed by atoms with Gasteiger partial charge in [0.2, 0.25) is 0 Å². The van der Waals surface area contributed by atoms with Gasteiger partial charge in [-0.1, -0.05) is 0 Å². The van der Waals surface area contributed by atoms with Crippen LogP contribution in [0.1, 0.15) is 9.67 Å². The number of carbonyl (C=O) groups excluding carboxylic acids is 1. The Hall–Kier alpha value is -2.91. The molecule has 4 heterocycles. The van der Waals surface area contributed by atoms with Crippen LogP contribution in [0.3, 0.4) is 0 Å². The van der Waals surface area contributed by atoms with E-state index in [2.05, 4.69) is 15.3 Å². The molecule has 0 atom stereocenters. The predicted octanol–water partition coefficient (Wildman–Crippen LogP) is 3.30. The highest BCUT2D eigenvalue weighted by Crippen LogP contribution is 2.29. The predicted molar refractivity (Wildman–Crippen MR) is 93.2 cm³/mol. The summed E-state index contributed by atoms with van der Waals surface area (Å²) in [4.78, 5) is 33.0. The van der Waals surface area contributed by atoms with Gasteiger partial charge < -0.3 is 9.73 Å². The number of benzene rings is 1. The van der Waals surface area contributed by atoms with Gasteiger partial charge in [0.05, 0.1) is 15.9 Å². The van der Waals surface area contributed by atoms with Gasteiger partial charge in [0.1, 0.15) is 4.83 Å². The number of anilines is 1. The maximum absolute atomic E-state index is 12.5. The zero-order valence-electron chi connectivity index (χ0n) is 11.9. The molecule has 9 heteroatoms. The topological polar surface area (TPSA) is 92.4 Å². The van der Waals surface area contributed by atoms with Crippen LogP contribution in [0.4, 0.5) is 5.69 Å². The van der Waals surface area contributed by atoms with E-state index < -0.39 is 5.76 Å². The van der Waals surface area contributed by atoms with Crippen molar-refractivity contribution in [3.63, 3.8) is 0 Å². The Morgan fingerprint density at radius 1 is 1.33 bits per heavy atom. The van der Waals surface area contributed by atoms with Gasteiger partial charge in [-0.3, -0.25) is 14.2 Å². The van der Waals surface area contributed by atoms with Gasteiger partial charge in [-0.2, -0.15) is 0 Å². The number of thiophene rings is 1. The summed E-state index contributed by atoms with van der Waals surface area (Å²) < 4.78 is 6.91. The number of amides is 1. The van der Waals surface area contributed by atoms with Gasteiger partial charge in [0, 0.05) is 17.3 Å². The first-order valence-electron chi connectivity index (χ1n) is 6.97. The number of oxazole rings is 1. The highest BCUT2D eigenvalue weighted by Gasteiger charge is 2.15. The minimum absolute atomic E-state index is 0.216. The molecule has 24 heavy (non-hydrogen) atoms. The molecule has 0 aliphatic rings. The first-order chi connectivity index (χ1) is 11.7. The third kappa shape index (κ3) is 1.99. The fourth-order valence-corrected chi connectivity index (χ4v) is 4.28. The maximum atomic E-state index is 12.5. The fraction of sp³-hybridized carbons (Fsp3) is 0. The Labute approximate surface area is 141 Å². The van der Waals surface area contributed by atoms with Crippen LogP contribution in [0, 0.1) is 0 Å². The molecule has 0 aliphatic carbocycles. The maximum Gasteiger partial charge on any atom is 0.417 e. The molecule has 0 bridgehead atoms. The first kappa shape index (κ1) is 13.5. The zero-order chi connectivity index (χ0) is 16.3. The first-order valence-corrected chi connectivity index (χ1v) is 8.66. The number of imidazole rings is 1. The van der Waals surface area contributed by atoms with Crippen LogP contribution < -0.4 is 11.1 Å². The van der Waals surface area contributed by atoms with Crippen LogP contribution in [0.2, 0.25) is 0 Å². The Kier molecular flexibility index (Phi) is 2.70. The molecule has 1 amide bonds. The number of nitrogens with zero attached hydrogens (tertiary/aromatic N) is 2. The van der Waals surface area contributed by atoms with E-state index in [1.165, 1.54) is 11.3 Å². The number of fused-ring (bicyclic) bond motifs is 4. The Balaban J connectivity index is 1.49. The Bertz CT molecular complexity index is 1290. The number of aromatic amines is 1. The lowest BCUT2D eigenvalue weighted by molar-refractivity contribution is 0.103. The molecule has 0 aliphatic heterocycles. The standard InChI is InChI=1S/C15H8N4O3S2/c20-12(16-7-1-2-10-8(5-7)17-15(21)22-10)11-6-9-13(24-11)18-14-19(9)3-4-23-14/h1-6H,(H,16,20)(H,17,21). The van der Waals surface area contributed by atoms with Crippen molar-refractivity contribution >= 4 is 60.7 Å². The van der Waals surface area contributed by atoms with Gasteiger partial charge in [0.15, 0.2) is 10.5 Å². The van der Waals surface area contributed by atoms with E-state index in [-0.39, 0.29) is 5.91 Å². The lowest BCUT2D eigenvalue weighted by Crippen LogP contribution is -2.09. The second-order valence-corrected chi connectivity index (χ2v) is 7.05. The van der Waals surface area contributed by atoms with Gasteiger partial charge in [-0.15, -0.1) is 22.7 Å². The summed E-state index contributed by atoms with van der Waals surface area (Å²) in [5.74, 6) is -0.736. The van der Waals surface area contributed by atoms with Crippen LogP contribution in [0.25, 0.3) is 26.4 Å². The lowest BCUT2D eigenvalue weighted by atomic mass is 10.3. The quantitative estimate of drug-likeness (QED) is 0.508. The van der Waals surface area contributed by atoms with E-state index in [1.54, 1.807) is 29.5 Å². The number of nitrogens with one attached hydrogen (secondary N) is 2. The SMILES string of the molecule is O=C(Nc1ccc2oc(=O)[nH]c2c1)c1cc2c(nc3sccn32)s1. The van der Waals surface area contributed by atoms with E-state index in [9.17, 15) is 9.59 Å². The summed E-state index contributed by atoms with van der Waals surface area (Å²) in [5.41, 5.74) is 2.50. The summed E-state index contributed by atoms with van der Waals surface area (Å²) in [7, 11) is 0. The number of carbonyl (C=O) groups is 1. The van der Waals surface area contributed by atoms with Gasteiger partial charge in [0.25, 0.3) is 5.91 Å². The normalized spacial score (nSPS) is 11.7. The smallest absolute Gasteiger partial charge is 0.408 e. The lowest BCUT2D eigenvalue weighted by Gasteiger charge is -2.02. The number of hydrogen-bond acceptors (Lipinski definition) is 6. The summed E-state index contributed by atoms with van der Waals surface area (Å²) >= 11 is 2.91. The van der Waals surface area contributed by atoms with Gasteiger partial charge >= 0.3 is 5.76 Å². The number of rotatable bonds is 2. The van der Waals surface area contributed by atoms with Gasteiger partial charge in [-0.05, 0) is 24.3 Å². The number of thiazole rings is 1.